The summed E-state index contributed by atoms with van der Waals surface area (Å²) in [7, 11) is 0. The van der Waals surface area contributed by atoms with Gasteiger partial charge < -0.3 is 0 Å². The van der Waals surface area contributed by atoms with Gasteiger partial charge in [-0.25, -0.2) is 0 Å². The van der Waals surface area contributed by atoms with Crippen LogP contribution in [-0.4, -0.2) is 0 Å². The van der Waals surface area contributed by atoms with Gasteiger partial charge in [-0.2, -0.15) is 0 Å². The molecule has 0 amide bonds. The number of hydrogen-bond acceptors (Lipinski definition) is 0. The van der Waals surface area contributed by atoms with Crippen LogP contribution in [0.5, 0.6) is 0 Å². The molecule has 110 valence electrons. The van der Waals surface area contributed by atoms with Gasteiger partial charge in [0.2, 0.25) is 0 Å². The van der Waals surface area contributed by atoms with E-state index in [4.69, 9.17) is 0 Å². The molecule has 4 rings (SSSR count). The normalized spacial score (nSPS) is 38.0. The van der Waals surface area contributed by atoms with E-state index in [1.807, 2.05) is 13.8 Å². The van der Waals surface area contributed by atoms with Crippen LogP contribution in [0.15, 0.2) is 24.3 Å². The molecule has 3 aliphatic rings. The summed E-state index contributed by atoms with van der Waals surface area (Å²) in [6.45, 7) is 6.58. The molecule has 4 atom stereocenters. The van der Waals surface area contributed by atoms with Crippen LogP contribution in [0, 0.1) is 17.3 Å². The quantitative estimate of drug-likeness (QED) is 0.545. The summed E-state index contributed by atoms with van der Waals surface area (Å²) in [6, 6.07) is 9.27. The molecule has 0 heteroatoms. The first kappa shape index (κ1) is 14.2. The van der Waals surface area contributed by atoms with Crippen LogP contribution >= 0.6 is 0 Å². The van der Waals surface area contributed by atoms with E-state index >= 15 is 0 Å². The average Bonchev–Trinajstić information content (AvgIpc) is 2.91. The van der Waals surface area contributed by atoms with Crippen LogP contribution in [0.25, 0.3) is 0 Å². The maximum Gasteiger partial charge on any atom is -0.0128 e. The van der Waals surface area contributed by atoms with E-state index in [2.05, 4.69) is 31.2 Å². The number of fused-ring (bicyclic) bond motifs is 5. The first-order chi connectivity index (χ1) is 9.78. The summed E-state index contributed by atoms with van der Waals surface area (Å²) in [5, 5.41) is 0. The van der Waals surface area contributed by atoms with Crippen LogP contribution in [0.4, 0.5) is 0 Å². The minimum absolute atomic E-state index is 0.702. The van der Waals surface area contributed by atoms with E-state index in [1.165, 1.54) is 44.9 Å². The minimum Gasteiger partial charge on any atom is -0.0683 e. The van der Waals surface area contributed by atoms with Gasteiger partial charge in [0.25, 0.3) is 0 Å². The van der Waals surface area contributed by atoms with Crippen molar-refractivity contribution < 1.29 is 0 Å². The number of rotatable bonds is 0. The monoisotopic (exact) mass is 270 g/mol. The third-order valence-corrected chi connectivity index (χ3v) is 6.42. The van der Waals surface area contributed by atoms with Gasteiger partial charge in [0.1, 0.15) is 0 Å². The minimum atomic E-state index is 0.702. The fourth-order valence-corrected chi connectivity index (χ4v) is 5.51. The molecule has 0 heterocycles. The van der Waals surface area contributed by atoms with Crippen LogP contribution in [0.1, 0.15) is 76.3 Å². The molecular weight excluding hydrogens is 240 g/mol. The first-order valence-electron chi connectivity index (χ1n) is 8.86. The van der Waals surface area contributed by atoms with Crippen LogP contribution < -0.4 is 0 Å². The Morgan fingerprint density at radius 3 is 2.65 bits per heavy atom. The Bertz CT molecular complexity index is 461. The first-order valence-corrected chi connectivity index (χ1v) is 8.86. The predicted octanol–water partition coefficient (Wildman–Crippen LogP) is 5.96. The highest BCUT2D eigenvalue weighted by Crippen LogP contribution is 2.60. The Morgan fingerprint density at radius 2 is 1.80 bits per heavy atom. The lowest BCUT2D eigenvalue weighted by Crippen LogP contribution is -2.39. The van der Waals surface area contributed by atoms with Crippen molar-refractivity contribution in [3.05, 3.63) is 35.4 Å². The molecule has 20 heavy (non-hydrogen) atoms. The van der Waals surface area contributed by atoms with E-state index in [0.29, 0.717) is 5.41 Å². The smallest absolute Gasteiger partial charge is 0.0128 e. The molecule has 2 saturated carbocycles. The van der Waals surface area contributed by atoms with Gasteiger partial charge in [0, 0.05) is 0 Å². The Hall–Kier alpha value is -0.780. The maximum absolute atomic E-state index is 2.58. The second-order valence-electron chi connectivity index (χ2n) is 7.20. The van der Waals surface area contributed by atoms with Crippen LogP contribution in [-0.2, 0) is 6.42 Å². The Labute approximate surface area is 125 Å². The number of aryl methyl sites for hydroxylation is 1. The molecule has 0 saturated heterocycles. The van der Waals surface area contributed by atoms with Crippen molar-refractivity contribution in [2.24, 2.45) is 17.3 Å². The lowest BCUT2D eigenvalue weighted by molar-refractivity contribution is 0.0598. The molecule has 0 N–H and O–H groups in total. The van der Waals surface area contributed by atoms with Crippen molar-refractivity contribution in [1.82, 2.24) is 0 Å². The van der Waals surface area contributed by atoms with E-state index in [9.17, 15) is 0 Å². The zero-order valence-electron chi connectivity index (χ0n) is 13.5. The zero-order chi connectivity index (χ0) is 14.2. The van der Waals surface area contributed by atoms with Crippen LogP contribution in [0.2, 0.25) is 0 Å². The standard InChI is InChI=1S/C18H24.C2H6/c1-18-11-4-7-17(18)16-9-8-13-5-2-3-6-14(13)15(16)10-12-18;1-2/h2-3,5-6,15-17H,4,7-12H2,1H3;1-2H3/t15-,16-,17+,18+;/m0./s1. The average molecular weight is 270 g/mol. The molecule has 1 aromatic carbocycles. The van der Waals surface area contributed by atoms with E-state index in [1.54, 1.807) is 11.1 Å². The fourth-order valence-electron chi connectivity index (χ4n) is 5.51. The van der Waals surface area contributed by atoms with Gasteiger partial charge in [-0.3, -0.25) is 0 Å². The second kappa shape index (κ2) is 5.54. The van der Waals surface area contributed by atoms with Gasteiger partial charge in [-0.05, 0) is 72.8 Å². The molecule has 0 spiro atoms. The molecule has 2 fully saturated rings. The van der Waals surface area contributed by atoms with Gasteiger partial charge in [0.15, 0.2) is 0 Å². The summed E-state index contributed by atoms with van der Waals surface area (Å²) in [5.41, 5.74) is 4.07. The lowest BCUT2D eigenvalue weighted by atomic mass is 9.56. The van der Waals surface area contributed by atoms with Crippen molar-refractivity contribution in [2.75, 3.05) is 0 Å². The highest BCUT2D eigenvalue weighted by Gasteiger charge is 2.49. The molecule has 1 aromatic rings. The highest BCUT2D eigenvalue weighted by molar-refractivity contribution is 5.34. The molecule has 0 aromatic heterocycles. The molecule has 0 radical (unpaired) electrons. The molecule has 0 bridgehead atoms. The fraction of sp³-hybridized carbons (Fsp3) is 0.700. The zero-order valence-corrected chi connectivity index (χ0v) is 13.5. The van der Waals surface area contributed by atoms with Gasteiger partial charge in [0.05, 0.1) is 0 Å². The Balaban J connectivity index is 0.000000581. The van der Waals surface area contributed by atoms with Crippen molar-refractivity contribution in [2.45, 2.75) is 71.6 Å². The second-order valence-corrected chi connectivity index (χ2v) is 7.20. The summed E-state index contributed by atoms with van der Waals surface area (Å²) < 4.78 is 0. The highest BCUT2D eigenvalue weighted by atomic mass is 14.5. The largest absolute Gasteiger partial charge is 0.0683 e. The molecule has 0 aliphatic heterocycles. The molecule has 3 aliphatic carbocycles. The summed E-state index contributed by atoms with van der Waals surface area (Å²) in [5.74, 6) is 2.93. The molecule has 0 unspecified atom stereocenters. The van der Waals surface area contributed by atoms with E-state index in [0.717, 1.165) is 17.8 Å². The summed E-state index contributed by atoms with van der Waals surface area (Å²) in [6.07, 6.45) is 10.2. The van der Waals surface area contributed by atoms with Crippen molar-refractivity contribution in [3.8, 4) is 0 Å². The van der Waals surface area contributed by atoms with Gasteiger partial charge >= 0.3 is 0 Å². The maximum atomic E-state index is 2.58. The summed E-state index contributed by atoms with van der Waals surface area (Å²) in [4.78, 5) is 0. The Kier molecular flexibility index (Phi) is 3.93. The topological polar surface area (TPSA) is 0 Å². The lowest BCUT2D eigenvalue weighted by Gasteiger charge is -2.49. The summed E-state index contributed by atoms with van der Waals surface area (Å²) >= 11 is 0. The van der Waals surface area contributed by atoms with Crippen molar-refractivity contribution >= 4 is 0 Å². The predicted molar refractivity (Wildman–Crippen MR) is 87.0 cm³/mol. The van der Waals surface area contributed by atoms with E-state index in [-0.39, 0.29) is 0 Å². The van der Waals surface area contributed by atoms with Gasteiger partial charge in [-0.1, -0.05) is 51.5 Å². The third-order valence-electron chi connectivity index (χ3n) is 6.42. The number of hydrogen-bond donors (Lipinski definition) is 0. The SMILES string of the molecule is CC.C[C@]12CCC[C@@H]1[C@H]1CCc3ccccc3[C@@H]1CC2. The Morgan fingerprint density at radius 1 is 1.00 bits per heavy atom. The number of benzene rings is 1. The molecular formula is C20H30. The van der Waals surface area contributed by atoms with Crippen molar-refractivity contribution in [3.63, 3.8) is 0 Å². The van der Waals surface area contributed by atoms with Crippen molar-refractivity contribution in [1.29, 1.82) is 0 Å². The van der Waals surface area contributed by atoms with Crippen LogP contribution in [0.3, 0.4) is 0 Å². The molecule has 0 nitrogen and oxygen atoms in total. The van der Waals surface area contributed by atoms with Gasteiger partial charge in [-0.15, -0.1) is 0 Å². The van der Waals surface area contributed by atoms with E-state index < -0.39 is 0 Å². The third kappa shape index (κ3) is 2.12.